The second-order valence-corrected chi connectivity index (χ2v) is 7.68. The predicted molar refractivity (Wildman–Crippen MR) is 119 cm³/mol. The zero-order chi connectivity index (χ0) is 22.7. The molecule has 1 N–H and O–H groups in total. The Bertz CT molecular complexity index is 1230. The van der Waals surface area contributed by atoms with E-state index in [0.29, 0.717) is 22.8 Å². The number of nitrogens with zero attached hydrogens (tertiary/aromatic N) is 2. The van der Waals surface area contributed by atoms with Crippen LogP contribution in [0.3, 0.4) is 0 Å². The van der Waals surface area contributed by atoms with Gasteiger partial charge in [-0.2, -0.15) is 0 Å². The van der Waals surface area contributed by atoms with E-state index in [9.17, 15) is 24.5 Å². The molecule has 1 aliphatic heterocycles. The van der Waals surface area contributed by atoms with Crippen LogP contribution in [0.25, 0.3) is 17.4 Å². The van der Waals surface area contributed by atoms with Gasteiger partial charge in [-0.25, -0.2) is 0 Å². The lowest BCUT2D eigenvalue weighted by molar-refractivity contribution is -0.384. The smallest absolute Gasteiger partial charge is 0.294 e. The first-order valence-corrected chi connectivity index (χ1v) is 10.2. The number of rotatable bonds is 6. The molecule has 2 aromatic carbocycles. The first-order valence-electron chi connectivity index (χ1n) is 9.35. The van der Waals surface area contributed by atoms with Gasteiger partial charge >= 0.3 is 0 Å². The van der Waals surface area contributed by atoms with Crippen LogP contribution in [0.4, 0.5) is 16.2 Å². The monoisotopic (exact) mass is 449 g/mol. The van der Waals surface area contributed by atoms with Crippen molar-refractivity contribution in [1.82, 2.24) is 4.90 Å². The molecule has 4 rings (SSSR count). The number of nitro groups is 1. The molecule has 32 heavy (non-hydrogen) atoms. The van der Waals surface area contributed by atoms with Crippen molar-refractivity contribution >= 4 is 46.3 Å². The number of anilines is 1. The van der Waals surface area contributed by atoms with E-state index < -0.39 is 28.5 Å². The molecule has 1 fully saturated rings. The van der Waals surface area contributed by atoms with Crippen molar-refractivity contribution < 1.29 is 23.7 Å². The molecule has 0 radical (unpaired) electrons. The quantitative estimate of drug-likeness (QED) is 0.333. The van der Waals surface area contributed by atoms with E-state index >= 15 is 0 Å². The van der Waals surface area contributed by atoms with Gasteiger partial charge in [0.15, 0.2) is 0 Å². The van der Waals surface area contributed by atoms with Crippen molar-refractivity contribution in [3.05, 3.63) is 87.5 Å². The molecule has 1 aromatic heterocycles. The van der Waals surface area contributed by atoms with Crippen LogP contribution in [-0.2, 0) is 9.59 Å². The maximum Gasteiger partial charge on any atom is 0.294 e. The third-order valence-corrected chi connectivity index (χ3v) is 5.40. The standard InChI is InChI=1S/C22H15N3O6S/c26-20(23-15-4-2-1-3-5-15)13-24-21(27)19(32-22(24)28)12-17-10-11-18(31-17)14-6-8-16(9-7-14)25(29)30/h1-12H,13H2,(H,23,26)/b19-12-. The van der Waals surface area contributed by atoms with Crippen LogP contribution in [0, 0.1) is 10.1 Å². The minimum atomic E-state index is -0.587. The van der Waals surface area contributed by atoms with Gasteiger partial charge in [-0.15, -0.1) is 0 Å². The molecule has 3 amide bonds. The Morgan fingerprint density at radius 2 is 1.78 bits per heavy atom. The van der Waals surface area contributed by atoms with Gasteiger partial charge in [-0.3, -0.25) is 29.4 Å². The van der Waals surface area contributed by atoms with Crippen molar-refractivity contribution in [2.75, 3.05) is 11.9 Å². The predicted octanol–water partition coefficient (Wildman–Crippen LogP) is 4.53. The molecule has 0 atom stereocenters. The molecule has 1 aliphatic rings. The van der Waals surface area contributed by atoms with Crippen molar-refractivity contribution in [2.24, 2.45) is 0 Å². The number of imide groups is 1. The molecular formula is C22H15N3O6S. The lowest BCUT2D eigenvalue weighted by atomic mass is 10.1. The second kappa shape index (κ2) is 8.90. The number of amides is 3. The van der Waals surface area contributed by atoms with Gasteiger partial charge < -0.3 is 9.73 Å². The summed E-state index contributed by atoms with van der Waals surface area (Å²) in [7, 11) is 0. The number of furan rings is 1. The number of carbonyl (C=O) groups is 3. The summed E-state index contributed by atoms with van der Waals surface area (Å²) in [5.74, 6) is -0.292. The van der Waals surface area contributed by atoms with Gasteiger partial charge in [0.2, 0.25) is 5.91 Å². The first kappa shape index (κ1) is 21.1. The topological polar surface area (TPSA) is 123 Å². The molecule has 1 saturated heterocycles. The van der Waals surface area contributed by atoms with E-state index in [0.717, 1.165) is 16.7 Å². The zero-order valence-electron chi connectivity index (χ0n) is 16.4. The maximum atomic E-state index is 12.6. The third-order valence-electron chi connectivity index (χ3n) is 4.50. The molecule has 0 saturated carbocycles. The van der Waals surface area contributed by atoms with E-state index in [-0.39, 0.29) is 10.6 Å². The maximum absolute atomic E-state index is 12.6. The summed E-state index contributed by atoms with van der Waals surface area (Å²) < 4.78 is 5.69. The van der Waals surface area contributed by atoms with E-state index in [4.69, 9.17) is 4.42 Å². The molecule has 9 nitrogen and oxygen atoms in total. The van der Waals surface area contributed by atoms with Crippen LogP contribution >= 0.6 is 11.8 Å². The Hall–Kier alpha value is -4.18. The summed E-state index contributed by atoms with van der Waals surface area (Å²) in [6.45, 7) is -0.400. The van der Waals surface area contributed by atoms with Crippen molar-refractivity contribution in [1.29, 1.82) is 0 Å². The molecule has 2 heterocycles. The number of para-hydroxylation sites is 1. The molecule has 0 unspecified atom stereocenters. The lowest BCUT2D eigenvalue weighted by Crippen LogP contribution is -2.36. The van der Waals surface area contributed by atoms with Crippen LogP contribution in [0.5, 0.6) is 0 Å². The van der Waals surface area contributed by atoms with Crippen molar-refractivity contribution in [3.8, 4) is 11.3 Å². The molecular weight excluding hydrogens is 434 g/mol. The minimum Gasteiger partial charge on any atom is -0.457 e. The van der Waals surface area contributed by atoms with Crippen LogP contribution in [0.15, 0.2) is 76.1 Å². The average Bonchev–Trinajstić information content (AvgIpc) is 3.35. The van der Waals surface area contributed by atoms with Crippen LogP contribution in [-0.4, -0.2) is 33.4 Å². The SMILES string of the molecule is O=C(CN1C(=O)S/C(=C\c2ccc(-c3ccc([N+](=O)[O-])cc3)o2)C1=O)Nc1ccccc1. The minimum absolute atomic E-state index is 0.0366. The van der Waals surface area contributed by atoms with Crippen molar-refractivity contribution in [2.45, 2.75) is 0 Å². The Morgan fingerprint density at radius 3 is 2.47 bits per heavy atom. The number of nitro benzene ring substituents is 1. The summed E-state index contributed by atoms with van der Waals surface area (Å²) >= 11 is 0.719. The Morgan fingerprint density at radius 1 is 1.06 bits per heavy atom. The fourth-order valence-corrected chi connectivity index (χ4v) is 3.78. The molecule has 0 aliphatic carbocycles. The number of carbonyl (C=O) groups excluding carboxylic acids is 3. The summed E-state index contributed by atoms with van der Waals surface area (Å²) in [4.78, 5) is 48.4. The lowest BCUT2D eigenvalue weighted by Gasteiger charge is -2.12. The Kier molecular flexibility index (Phi) is 5.86. The van der Waals surface area contributed by atoms with E-state index in [2.05, 4.69) is 5.32 Å². The van der Waals surface area contributed by atoms with Crippen LogP contribution in [0.2, 0.25) is 0 Å². The highest BCUT2D eigenvalue weighted by Crippen LogP contribution is 2.33. The highest BCUT2D eigenvalue weighted by atomic mass is 32.2. The van der Waals surface area contributed by atoms with Gasteiger partial charge in [0.05, 0.1) is 9.83 Å². The summed E-state index contributed by atoms with van der Waals surface area (Å²) in [6.07, 6.45) is 1.43. The number of hydrogen-bond acceptors (Lipinski definition) is 7. The van der Waals surface area contributed by atoms with Gasteiger partial charge in [0, 0.05) is 29.5 Å². The van der Waals surface area contributed by atoms with Gasteiger partial charge in [0.25, 0.3) is 16.8 Å². The van der Waals surface area contributed by atoms with Crippen molar-refractivity contribution in [3.63, 3.8) is 0 Å². The molecule has 3 aromatic rings. The Labute approximate surface area is 185 Å². The normalized spacial score (nSPS) is 14.8. The number of thioether (sulfide) groups is 1. The second-order valence-electron chi connectivity index (χ2n) is 6.69. The van der Waals surface area contributed by atoms with Crippen LogP contribution in [0.1, 0.15) is 5.76 Å². The number of benzene rings is 2. The first-order chi connectivity index (χ1) is 15.4. The van der Waals surface area contributed by atoms with Gasteiger partial charge in [-0.05, 0) is 48.2 Å². The fraction of sp³-hybridized carbons (Fsp3) is 0.0455. The number of non-ortho nitro benzene ring substituents is 1. The van der Waals surface area contributed by atoms with Crippen LogP contribution < -0.4 is 5.32 Å². The summed E-state index contributed by atoms with van der Waals surface area (Å²) in [5.41, 5.74) is 1.15. The highest BCUT2D eigenvalue weighted by Gasteiger charge is 2.36. The molecule has 10 heteroatoms. The number of hydrogen-bond donors (Lipinski definition) is 1. The molecule has 160 valence electrons. The molecule has 0 bridgehead atoms. The highest BCUT2D eigenvalue weighted by molar-refractivity contribution is 8.18. The Balaban J connectivity index is 1.45. The number of nitrogens with one attached hydrogen (secondary N) is 1. The van der Waals surface area contributed by atoms with E-state index in [1.165, 1.54) is 18.2 Å². The summed E-state index contributed by atoms with van der Waals surface area (Å²) in [6, 6.07) is 17.8. The third kappa shape index (κ3) is 4.60. The summed E-state index contributed by atoms with van der Waals surface area (Å²) in [5, 5.41) is 12.9. The fourth-order valence-electron chi connectivity index (χ4n) is 2.96. The zero-order valence-corrected chi connectivity index (χ0v) is 17.2. The average molecular weight is 449 g/mol. The van der Waals surface area contributed by atoms with Gasteiger partial charge in [0.1, 0.15) is 18.1 Å². The van der Waals surface area contributed by atoms with Gasteiger partial charge in [-0.1, -0.05) is 18.2 Å². The van der Waals surface area contributed by atoms with E-state index in [1.807, 2.05) is 0 Å². The van der Waals surface area contributed by atoms with E-state index in [1.54, 1.807) is 54.6 Å². The largest absolute Gasteiger partial charge is 0.457 e. The molecule has 0 spiro atoms.